The van der Waals surface area contributed by atoms with Gasteiger partial charge in [0.15, 0.2) is 11.6 Å². The molecule has 94 valence electrons. The molecule has 2 atom stereocenters. The highest BCUT2D eigenvalue weighted by molar-refractivity contribution is 8.15. The highest BCUT2D eigenvalue weighted by Gasteiger charge is 2.58. The van der Waals surface area contributed by atoms with Crippen LogP contribution in [-0.2, 0) is 18.6 Å². The molecule has 1 rings (SSSR count). The van der Waals surface area contributed by atoms with Crippen molar-refractivity contribution in [1.29, 1.82) is 0 Å². The lowest BCUT2D eigenvalue weighted by Crippen LogP contribution is -2.55. The summed E-state index contributed by atoms with van der Waals surface area (Å²) in [6.07, 6.45) is 1.31. The van der Waals surface area contributed by atoms with Crippen molar-refractivity contribution in [3.8, 4) is 0 Å². The Kier molecular flexibility index (Phi) is 3.63. The van der Waals surface area contributed by atoms with E-state index in [1.165, 1.54) is 0 Å². The largest absolute Gasteiger partial charge is 0.294 e. The van der Waals surface area contributed by atoms with Crippen LogP contribution in [-0.4, -0.2) is 30.9 Å². The van der Waals surface area contributed by atoms with Gasteiger partial charge in [0.1, 0.15) is 6.04 Å². The Balaban J connectivity index is 3.78. The van der Waals surface area contributed by atoms with E-state index in [1.807, 2.05) is 0 Å². The lowest BCUT2D eigenvalue weighted by Gasteiger charge is -2.29. The summed E-state index contributed by atoms with van der Waals surface area (Å²) in [5, 5.41) is 5.68. The fourth-order valence-corrected chi connectivity index (χ4v) is 2.80. The molecule has 0 aromatic rings. The third-order valence-corrected chi connectivity index (χ3v) is 4.08. The molecule has 10 nitrogen and oxygen atoms in total. The van der Waals surface area contributed by atoms with Gasteiger partial charge in [0.2, 0.25) is 4.87 Å². The number of carbonyl (C=O) groups is 2. The Morgan fingerprint density at radius 3 is 2.33 bits per heavy atom. The van der Waals surface area contributed by atoms with Gasteiger partial charge in [-0.3, -0.25) is 9.59 Å². The van der Waals surface area contributed by atoms with Crippen molar-refractivity contribution in [3.05, 3.63) is 33.0 Å². The van der Waals surface area contributed by atoms with Crippen LogP contribution in [0.25, 0.3) is 20.9 Å². The highest BCUT2D eigenvalue weighted by Crippen LogP contribution is 2.34. The number of hydrogen-bond acceptors (Lipinski definition) is 6. The Labute approximate surface area is 104 Å². The number of azide groups is 2. The molecular formula is C6H3ClN6O4S. The van der Waals surface area contributed by atoms with E-state index in [4.69, 9.17) is 21.7 Å². The summed E-state index contributed by atoms with van der Waals surface area (Å²) in [5.74, 6) is -2.27. The lowest BCUT2D eigenvalue weighted by molar-refractivity contribution is -0.124. The number of halogens is 1. The SMILES string of the molecule is [N-]=[N+]=NC1C(=O)C=CC(=O)C1(N=[N+]=[N-])S(=O)(=O)Cl. The molecule has 0 spiro atoms. The van der Waals surface area contributed by atoms with Crippen LogP contribution < -0.4 is 0 Å². The number of nitrogens with zero attached hydrogens (tertiary/aromatic N) is 6. The number of hydrogen-bond donors (Lipinski definition) is 0. The second kappa shape index (κ2) is 4.67. The highest BCUT2D eigenvalue weighted by atomic mass is 35.7. The smallest absolute Gasteiger partial charge is 0.252 e. The predicted octanol–water partition coefficient (Wildman–Crippen LogP) is 0.949. The van der Waals surface area contributed by atoms with Crippen LogP contribution in [0.5, 0.6) is 0 Å². The summed E-state index contributed by atoms with van der Waals surface area (Å²) in [6, 6.07) is -2.07. The quantitative estimate of drug-likeness (QED) is 0.326. The zero-order valence-corrected chi connectivity index (χ0v) is 9.91. The molecule has 18 heavy (non-hydrogen) atoms. The first kappa shape index (κ1) is 14.0. The first-order valence-corrected chi connectivity index (χ1v) is 6.43. The fourth-order valence-electron chi connectivity index (χ4n) is 1.36. The predicted molar refractivity (Wildman–Crippen MR) is 58.7 cm³/mol. The number of ketones is 2. The summed E-state index contributed by atoms with van der Waals surface area (Å²) in [7, 11) is 0.217. The van der Waals surface area contributed by atoms with Crippen LogP contribution in [0.3, 0.4) is 0 Å². The molecule has 0 saturated heterocycles. The maximum absolute atomic E-state index is 11.6. The molecule has 2 unspecified atom stereocenters. The van der Waals surface area contributed by atoms with Gasteiger partial charge in [-0.1, -0.05) is 10.2 Å². The topological polar surface area (TPSA) is 166 Å². The summed E-state index contributed by atoms with van der Waals surface area (Å²) >= 11 is 0. The minimum Gasteiger partial charge on any atom is -0.294 e. The minimum atomic E-state index is -4.84. The van der Waals surface area contributed by atoms with E-state index < -0.39 is 31.5 Å². The molecular weight excluding hydrogens is 288 g/mol. The molecule has 0 N–H and O–H groups in total. The third-order valence-electron chi connectivity index (χ3n) is 2.12. The summed E-state index contributed by atoms with van der Waals surface area (Å²) in [4.78, 5) is 24.5. The second-order valence-corrected chi connectivity index (χ2v) is 5.75. The van der Waals surface area contributed by atoms with Gasteiger partial charge >= 0.3 is 0 Å². The Bertz CT molecular complexity index is 643. The zero-order chi connectivity index (χ0) is 14.0. The number of rotatable bonds is 3. The van der Waals surface area contributed by atoms with E-state index in [1.54, 1.807) is 0 Å². The molecule has 0 amide bonds. The van der Waals surface area contributed by atoms with Gasteiger partial charge < -0.3 is 0 Å². The van der Waals surface area contributed by atoms with Crippen molar-refractivity contribution in [2.24, 2.45) is 10.2 Å². The van der Waals surface area contributed by atoms with Gasteiger partial charge in [-0.05, 0) is 23.2 Å². The molecule has 0 aromatic heterocycles. The Morgan fingerprint density at radius 1 is 1.28 bits per heavy atom. The van der Waals surface area contributed by atoms with Gasteiger partial charge in [0.25, 0.3) is 9.05 Å². The maximum atomic E-state index is 11.6. The van der Waals surface area contributed by atoms with Gasteiger partial charge in [-0.25, -0.2) is 8.42 Å². The Morgan fingerprint density at radius 2 is 1.89 bits per heavy atom. The average molecular weight is 291 g/mol. The standard InChI is InChI=1S/C6H3ClN6O4S/c7-18(16,17)6(11-13-9)4(15)2-1-3(14)5(6)10-12-8/h1-2,5H. The van der Waals surface area contributed by atoms with Gasteiger partial charge in [0.05, 0.1) is 0 Å². The third kappa shape index (κ3) is 1.91. The minimum absolute atomic E-state index is 0.598. The Hall–Kier alpha value is -2.06. The molecule has 1 aliphatic rings. The zero-order valence-electron chi connectivity index (χ0n) is 8.33. The van der Waals surface area contributed by atoms with Crippen LogP contribution in [0.4, 0.5) is 0 Å². The van der Waals surface area contributed by atoms with E-state index in [-0.39, 0.29) is 0 Å². The normalized spacial score (nSPS) is 27.3. The number of carbonyl (C=O) groups excluding carboxylic acids is 2. The monoisotopic (exact) mass is 290 g/mol. The summed E-state index contributed by atoms with van der Waals surface area (Å²) in [5.41, 5.74) is 16.6. The average Bonchev–Trinajstić information content (AvgIpc) is 2.27. The van der Waals surface area contributed by atoms with Crippen molar-refractivity contribution in [3.63, 3.8) is 0 Å². The summed E-state index contributed by atoms with van der Waals surface area (Å²) in [6.45, 7) is 0. The molecule has 0 saturated carbocycles. The van der Waals surface area contributed by atoms with Crippen LogP contribution in [0.2, 0.25) is 0 Å². The molecule has 0 aromatic carbocycles. The van der Waals surface area contributed by atoms with Crippen LogP contribution in [0, 0.1) is 0 Å². The molecule has 12 heteroatoms. The van der Waals surface area contributed by atoms with Crippen LogP contribution in [0.1, 0.15) is 0 Å². The van der Waals surface area contributed by atoms with Crippen molar-refractivity contribution in [1.82, 2.24) is 0 Å². The molecule has 0 heterocycles. The van der Waals surface area contributed by atoms with Gasteiger partial charge in [-0.15, -0.1) is 0 Å². The van der Waals surface area contributed by atoms with Gasteiger partial charge in [0, 0.05) is 20.5 Å². The van der Waals surface area contributed by atoms with Gasteiger partial charge in [-0.2, -0.15) is 0 Å². The summed E-state index contributed by atoms with van der Waals surface area (Å²) < 4.78 is 22.9. The first-order chi connectivity index (χ1) is 8.31. The van der Waals surface area contributed by atoms with E-state index in [9.17, 15) is 18.0 Å². The second-order valence-electron chi connectivity index (χ2n) is 3.03. The van der Waals surface area contributed by atoms with Crippen molar-refractivity contribution >= 4 is 31.3 Å². The van der Waals surface area contributed by atoms with Crippen LogP contribution >= 0.6 is 10.7 Å². The van der Waals surface area contributed by atoms with Crippen molar-refractivity contribution in [2.45, 2.75) is 10.9 Å². The van der Waals surface area contributed by atoms with Crippen molar-refractivity contribution in [2.75, 3.05) is 0 Å². The molecule has 1 aliphatic carbocycles. The van der Waals surface area contributed by atoms with E-state index in [2.05, 4.69) is 20.1 Å². The molecule has 0 radical (unpaired) electrons. The van der Waals surface area contributed by atoms with E-state index >= 15 is 0 Å². The fraction of sp³-hybridized carbons (Fsp3) is 0.333. The molecule has 0 bridgehead atoms. The molecule has 0 aliphatic heterocycles. The lowest BCUT2D eigenvalue weighted by atomic mass is 9.94. The first-order valence-electron chi connectivity index (χ1n) is 4.12. The van der Waals surface area contributed by atoms with Crippen LogP contribution in [0.15, 0.2) is 22.4 Å². The van der Waals surface area contributed by atoms with E-state index in [0.717, 1.165) is 6.08 Å². The van der Waals surface area contributed by atoms with E-state index in [0.29, 0.717) is 6.08 Å². The van der Waals surface area contributed by atoms with Crippen molar-refractivity contribution < 1.29 is 18.0 Å². The maximum Gasteiger partial charge on any atom is 0.252 e. The molecule has 0 fully saturated rings.